The van der Waals surface area contributed by atoms with Crippen molar-refractivity contribution < 1.29 is 9.47 Å². The quantitative estimate of drug-likeness (QED) is 0.167. The molecular weight excluding hydrogens is 731 g/mol. The van der Waals surface area contributed by atoms with Gasteiger partial charge in [-0.05, 0) is 116 Å². The second kappa shape index (κ2) is 12.9. The van der Waals surface area contributed by atoms with Crippen molar-refractivity contribution in [3.63, 3.8) is 0 Å². The predicted octanol–water partition coefficient (Wildman–Crippen LogP) is 13.9. The van der Waals surface area contributed by atoms with Crippen molar-refractivity contribution in [2.24, 2.45) is 0 Å². The molecule has 0 bridgehead atoms. The van der Waals surface area contributed by atoms with Gasteiger partial charge in [0.05, 0.1) is 5.69 Å². The topological polar surface area (TPSA) is 24.9 Å². The molecule has 0 radical (unpaired) electrons. The van der Waals surface area contributed by atoms with Gasteiger partial charge in [0.2, 0.25) is 0 Å². The van der Waals surface area contributed by atoms with Crippen molar-refractivity contribution in [3.05, 3.63) is 187 Å². The van der Waals surface area contributed by atoms with Crippen LogP contribution in [0.3, 0.4) is 0 Å². The van der Waals surface area contributed by atoms with E-state index in [1.165, 1.54) is 71.8 Å². The zero-order valence-corrected chi connectivity index (χ0v) is 34.0. The molecule has 4 nitrogen and oxygen atoms in total. The number of nitrogens with zero attached hydrogens (tertiary/aromatic N) is 2. The van der Waals surface area contributed by atoms with Gasteiger partial charge in [-0.25, -0.2) is 0 Å². The number of anilines is 5. The Morgan fingerprint density at radius 1 is 0.500 bits per heavy atom. The Labute approximate surface area is 351 Å². The van der Waals surface area contributed by atoms with Gasteiger partial charge in [0.1, 0.15) is 0 Å². The minimum atomic E-state index is -0.206. The van der Waals surface area contributed by atoms with Crippen LogP contribution in [-0.4, -0.2) is 6.85 Å². The highest BCUT2D eigenvalue weighted by atomic mass is 16.6. The van der Waals surface area contributed by atoms with Gasteiger partial charge >= 0.3 is 6.85 Å². The number of benzene rings is 9. The number of ether oxygens (including phenoxy) is 2. The number of hydrogen-bond acceptors (Lipinski definition) is 4. The van der Waals surface area contributed by atoms with Crippen LogP contribution in [0.1, 0.15) is 31.9 Å². The molecule has 9 aromatic carbocycles. The molecule has 12 rings (SSSR count). The lowest BCUT2D eigenvalue weighted by Crippen LogP contribution is -2.61. The number of hydrogen-bond donors (Lipinski definition) is 0. The van der Waals surface area contributed by atoms with Crippen LogP contribution in [0.2, 0.25) is 0 Å². The third kappa shape index (κ3) is 5.18. The Hall–Kier alpha value is -7.24. The molecular formula is C55H41BN2O2. The van der Waals surface area contributed by atoms with Crippen LogP contribution < -0.4 is 30.1 Å². The molecule has 60 heavy (non-hydrogen) atoms. The van der Waals surface area contributed by atoms with E-state index < -0.39 is 0 Å². The van der Waals surface area contributed by atoms with Gasteiger partial charge in [-0.1, -0.05) is 142 Å². The Morgan fingerprint density at radius 3 is 1.87 bits per heavy atom. The first kappa shape index (κ1) is 34.8. The van der Waals surface area contributed by atoms with Crippen molar-refractivity contribution in [2.75, 3.05) is 9.71 Å². The fourth-order valence-corrected chi connectivity index (χ4v) is 9.85. The van der Waals surface area contributed by atoms with Crippen molar-refractivity contribution in [3.8, 4) is 45.3 Å². The van der Waals surface area contributed by atoms with E-state index in [2.05, 4.69) is 189 Å². The van der Waals surface area contributed by atoms with E-state index in [1.54, 1.807) is 0 Å². The van der Waals surface area contributed by atoms with Crippen LogP contribution in [0, 0.1) is 6.92 Å². The normalized spacial score (nSPS) is 13.5. The van der Waals surface area contributed by atoms with Gasteiger partial charge in [0, 0.05) is 39.8 Å². The molecule has 9 aromatic rings. The van der Waals surface area contributed by atoms with E-state index in [0.29, 0.717) is 23.0 Å². The molecule has 3 aliphatic rings. The maximum atomic E-state index is 6.73. The molecule has 0 aromatic heterocycles. The number of aryl methyl sites for hydroxylation is 1. The van der Waals surface area contributed by atoms with Crippen LogP contribution in [-0.2, 0) is 5.41 Å². The van der Waals surface area contributed by atoms with Crippen LogP contribution in [0.15, 0.2) is 176 Å². The average Bonchev–Trinajstić information content (AvgIpc) is 3.27. The monoisotopic (exact) mass is 772 g/mol. The molecule has 3 aliphatic heterocycles. The van der Waals surface area contributed by atoms with E-state index in [-0.39, 0.29) is 12.3 Å². The van der Waals surface area contributed by atoms with E-state index in [1.807, 2.05) is 24.3 Å². The lowest BCUT2D eigenvalue weighted by molar-refractivity contribution is 0.360. The van der Waals surface area contributed by atoms with E-state index >= 15 is 0 Å². The van der Waals surface area contributed by atoms with Crippen molar-refractivity contribution in [1.82, 2.24) is 0 Å². The van der Waals surface area contributed by atoms with Crippen LogP contribution in [0.25, 0.3) is 43.8 Å². The first-order valence-corrected chi connectivity index (χ1v) is 20.9. The average molecular weight is 773 g/mol. The predicted molar refractivity (Wildman–Crippen MR) is 251 cm³/mol. The number of fused-ring (bicyclic) bond motifs is 10. The van der Waals surface area contributed by atoms with Gasteiger partial charge in [-0.3, -0.25) is 0 Å². The van der Waals surface area contributed by atoms with E-state index in [9.17, 15) is 0 Å². The minimum absolute atomic E-state index is 0.00572. The standard InChI is InChI=1S/C55H41BN2O2/c1-34-30-39(55(2,3)4)25-29-45(34)57-47-33-51-50(59-48-20-12-13-21-49(48)60-51)32-44(47)56-53-43(31-38-17-9-11-19-42(38)54(53)57)52-41-18-10-8-16-37(41)24-28-46(52)58(56)40-26-22-36(23-27-40)35-14-6-5-7-15-35/h5-33H,1-4H3. The van der Waals surface area contributed by atoms with Gasteiger partial charge in [-0.2, -0.15) is 0 Å². The van der Waals surface area contributed by atoms with Crippen LogP contribution in [0.4, 0.5) is 28.4 Å². The summed E-state index contributed by atoms with van der Waals surface area (Å²) in [5, 5.41) is 4.86. The Bertz CT molecular complexity index is 3220. The van der Waals surface area contributed by atoms with Gasteiger partial charge in [0.25, 0.3) is 0 Å². The summed E-state index contributed by atoms with van der Waals surface area (Å²) in [5.41, 5.74) is 15.5. The highest BCUT2D eigenvalue weighted by Crippen LogP contribution is 2.54. The second-order valence-electron chi connectivity index (χ2n) is 17.4. The summed E-state index contributed by atoms with van der Waals surface area (Å²) in [6, 6.07) is 63.9. The molecule has 0 saturated carbocycles. The Kier molecular flexibility index (Phi) is 7.47. The summed E-state index contributed by atoms with van der Waals surface area (Å²) < 4.78 is 13.4. The maximum Gasteiger partial charge on any atom is 0.333 e. The van der Waals surface area contributed by atoms with Crippen molar-refractivity contribution in [2.45, 2.75) is 33.1 Å². The minimum Gasteiger partial charge on any atom is -0.450 e. The fraction of sp³-hybridized carbons (Fsp3) is 0.0909. The third-order valence-corrected chi connectivity index (χ3v) is 12.7. The SMILES string of the molecule is Cc1cc(C(C)(C)C)ccc1N1c2cc3c(cc2B2c4c(cc5ccccc5c41)-c1c(ccc4ccccc14)N2c1ccc(-c2ccccc2)cc1)Oc1ccccc1O3. The summed E-state index contributed by atoms with van der Waals surface area (Å²) in [7, 11) is 0. The molecule has 0 saturated heterocycles. The second-order valence-corrected chi connectivity index (χ2v) is 17.4. The highest BCUT2D eigenvalue weighted by Gasteiger charge is 2.47. The molecule has 3 heterocycles. The summed E-state index contributed by atoms with van der Waals surface area (Å²) in [5.74, 6) is 2.84. The largest absolute Gasteiger partial charge is 0.450 e. The lowest BCUT2D eigenvalue weighted by Gasteiger charge is -2.47. The summed E-state index contributed by atoms with van der Waals surface area (Å²) in [6.07, 6.45) is 0. The number of rotatable bonds is 3. The van der Waals surface area contributed by atoms with Crippen LogP contribution in [0.5, 0.6) is 23.0 Å². The number of para-hydroxylation sites is 2. The Balaban J connectivity index is 1.20. The molecule has 286 valence electrons. The molecule has 0 spiro atoms. The third-order valence-electron chi connectivity index (χ3n) is 12.7. The van der Waals surface area contributed by atoms with Crippen LogP contribution >= 0.6 is 0 Å². The highest BCUT2D eigenvalue weighted by molar-refractivity contribution is 6.94. The van der Waals surface area contributed by atoms with Gasteiger partial charge in [-0.15, -0.1) is 0 Å². The fourth-order valence-electron chi connectivity index (χ4n) is 9.85. The van der Waals surface area contributed by atoms with E-state index in [4.69, 9.17) is 9.47 Å². The molecule has 5 heteroatoms. The molecule has 0 aliphatic carbocycles. The Morgan fingerprint density at radius 2 is 1.13 bits per heavy atom. The van der Waals surface area contributed by atoms with Gasteiger partial charge in [0.15, 0.2) is 23.0 Å². The summed E-state index contributed by atoms with van der Waals surface area (Å²) in [4.78, 5) is 5.10. The first-order valence-electron chi connectivity index (χ1n) is 20.9. The zero-order valence-electron chi connectivity index (χ0n) is 34.0. The zero-order chi connectivity index (χ0) is 40.3. The lowest BCUT2D eigenvalue weighted by atomic mass is 9.43. The molecule has 0 amide bonds. The molecule has 0 fully saturated rings. The molecule has 0 atom stereocenters. The maximum absolute atomic E-state index is 6.73. The summed E-state index contributed by atoms with van der Waals surface area (Å²) >= 11 is 0. The smallest absolute Gasteiger partial charge is 0.333 e. The van der Waals surface area contributed by atoms with Crippen molar-refractivity contribution in [1.29, 1.82) is 0 Å². The van der Waals surface area contributed by atoms with E-state index in [0.717, 1.165) is 22.5 Å². The molecule has 0 N–H and O–H groups in total. The van der Waals surface area contributed by atoms with Gasteiger partial charge < -0.3 is 19.2 Å². The first-order chi connectivity index (χ1) is 29.3. The summed E-state index contributed by atoms with van der Waals surface area (Å²) in [6.45, 7) is 8.91. The van der Waals surface area contributed by atoms with Crippen molar-refractivity contribution >= 4 is 67.8 Å². The molecule has 0 unspecified atom stereocenters.